The summed E-state index contributed by atoms with van der Waals surface area (Å²) in [5.74, 6) is -0.947. The van der Waals surface area contributed by atoms with Crippen molar-refractivity contribution in [2.75, 3.05) is 39.4 Å². The van der Waals surface area contributed by atoms with E-state index < -0.39 is 5.97 Å². The Morgan fingerprint density at radius 1 is 1.12 bits per heavy atom. The highest BCUT2D eigenvalue weighted by atomic mass is 32.1. The number of nitrogens with zero attached hydrogens (tertiary/aromatic N) is 4. The van der Waals surface area contributed by atoms with Crippen LogP contribution < -0.4 is 5.32 Å². The zero-order valence-corrected chi connectivity index (χ0v) is 19.5. The molecule has 0 bridgehead atoms. The van der Waals surface area contributed by atoms with Crippen molar-refractivity contribution >= 4 is 23.3 Å². The van der Waals surface area contributed by atoms with Crippen LogP contribution in [0.25, 0.3) is 5.69 Å². The first-order valence-electron chi connectivity index (χ1n) is 11.4. The zero-order chi connectivity index (χ0) is 23.5. The van der Waals surface area contributed by atoms with Gasteiger partial charge in [0.15, 0.2) is 5.11 Å². The molecule has 2 fully saturated rings. The Morgan fingerprint density at radius 3 is 2.74 bits per heavy atom. The minimum atomic E-state index is -0.947. The number of benzene rings is 1. The minimum Gasteiger partial charge on any atom is -0.478 e. The molecule has 0 aliphatic carbocycles. The highest BCUT2D eigenvalue weighted by Crippen LogP contribution is 2.39. The molecule has 4 heterocycles. The molecule has 2 aromatic heterocycles. The molecule has 2 aliphatic heterocycles. The van der Waals surface area contributed by atoms with E-state index in [0.29, 0.717) is 5.11 Å². The van der Waals surface area contributed by atoms with E-state index in [2.05, 4.69) is 26.2 Å². The SMILES string of the molecule is O=C(O)c1cccc(-n2cccc2[C@@H]2[C@H](c3ccccn3)NC(=S)N2CCN2CCOCC2)c1. The van der Waals surface area contributed by atoms with Gasteiger partial charge in [-0.3, -0.25) is 9.88 Å². The van der Waals surface area contributed by atoms with Crippen LogP contribution >= 0.6 is 12.2 Å². The summed E-state index contributed by atoms with van der Waals surface area (Å²) >= 11 is 5.81. The van der Waals surface area contributed by atoms with Crippen molar-refractivity contribution in [2.24, 2.45) is 0 Å². The molecule has 0 amide bonds. The minimum absolute atomic E-state index is 0.105. The van der Waals surface area contributed by atoms with Gasteiger partial charge in [0.1, 0.15) is 0 Å². The summed E-state index contributed by atoms with van der Waals surface area (Å²) in [5, 5.41) is 13.7. The lowest BCUT2D eigenvalue weighted by Crippen LogP contribution is -2.42. The number of carboxylic acid groups (broad SMARTS) is 1. The number of hydrogen-bond acceptors (Lipinski definition) is 5. The van der Waals surface area contributed by atoms with Crippen LogP contribution in [0.4, 0.5) is 0 Å². The van der Waals surface area contributed by atoms with Crippen LogP contribution in [-0.4, -0.2) is 74.9 Å². The predicted octanol–water partition coefficient (Wildman–Crippen LogP) is 2.88. The monoisotopic (exact) mass is 477 g/mol. The number of ether oxygens (including phenoxy) is 1. The van der Waals surface area contributed by atoms with E-state index in [4.69, 9.17) is 17.0 Å². The second kappa shape index (κ2) is 9.92. The van der Waals surface area contributed by atoms with Gasteiger partial charge in [0.05, 0.1) is 36.6 Å². The maximum absolute atomic E-state index is 11.6. The number of rotatable bonds is 7. The Bertz CT molecular complexity index is 1160. The first kappa shape index (κ1) is 22.5. The van der Waals surface area contributed by atoms with E-state index in [0.717, 1.165) is 56.5 Å². The molecule has 1 aromatic carbocycles. The molecule has 0 unspecified atom stereocenters. The van der Waals surface area contributed by atoms with E-state index in [1.807, 2.05) is 41.1 Å². The molecule has 0 spiro atoms. The third kappa shape index (κ3) is 4.54. The Kier molecular flexibility index (Phi) is 6.57. The molecule has 0 saturated carbocycles. The molecule has 2 aliphatic rings. The van der Waals surface area contributed by atoms with Crippen molar-refractivity contribution < 1.29 is 14.6 Å². The van der Waals surface area contributed by atoms with Crippen LogP contribution in [-0.2, 0) is 4.74 Å². The van der Waals surface area contributed by atoms with E-state index in [-0.39, 0.29) is 17.6 Å². The van der Waals surface area contributed by atoms with Gasteiger partial charge in [-0.2, -0.15) is 0 Å². The normalized spacial score (nSPS) is 20.9. The first-order chi connectivity index (χ1) is 16.6. The van der Waals surface area contributed by atoms with Crippen molar-refractivity contribution in [3.05, 3.63) is 83.9 Å². The van der Waals surface area contributed by atoms with Gasteiger partial charge in [0.25, 0.3) is 0 Å². The van der Waals surface area contributed by atoms with Crippen molar-refractivity contribution in [3.63, 3.8) is 0 Å². The average Bonchev–Trinajstić information content (AvgIpc) is 3.48. The second-order valence-corrected chi connectivity index (χ2v) is 8.82. The van der Waals surface area contributed by atoms with Gasteiger partial charge in [0, 0.05) is 50.0 Å². The van der Waals surface area contributed by atoms with E-state index >= 15 is 0 Å². The van der Waals surface area contributed by atoms with Crippen LogP contribution in [0.5, 0.6) is 0 Å². The maximum atomic E-state index is 11.6. The zero-order valence-electron chi connectivity index (χ0n) is 18.7. The molecule has 9 heteroatoms. The smallest absolute Gasteiger partial charge is 0.335 e. The summed E-state index contributed by atoms with van der Waals surface area (Å²) < 4.78 is 7.54. The molecule has 176 valence electrons. The molecule has 3 aromatic rings. The largest absolute Gasteiger partial charge is 0.478 e. The number of thiocarbonyl (C=S) groups is 1. The fraction of sp³-hybridized carbons (Fsp3) is 0.320. The quantitative estimate of drug-likeness (QED) is 0.503. The number of aromatic carboxylic acids is 1. The lowest BCUT2D eigenvalue weighted by molar-refractivity contribution is 0.0349. The molecule has 0 radical (unpaired) electrons. The molecule has 2 N–H and O–H groups in total. The Morgan fingerprint density at radius 2 is 1.97 bits per heavy atom. The third-order valence-electron chi connectivity index (χ3n) is 6.41. The average molecular weight is 478 g/mol. The molecular weight excluding hydrogens is 450 g/mol. The van der Waals surface area contributed by atoms with Crippen LogP contribution in [0.3, 0.4) is 0 Å². The predicted molar refractivity (Wildman–Crippen MR) is 132 cm³/mol. The van der Waals surface area contributed by atoms with Gasteiger partial charge in [-0.15, -0.1) is 0 Å². The number of carbonyl (C=O) groups is 1. The van der Waals surface area contributed by atoms with E-state index in [1.54, 1.807) is 24.4 Å². The first-order valence-corrected chi connectivity index (χ1v) is 11.8. The standard InChI is InChI=1S/C25H27N5O3S/c31-24(32)18-5-3-6-19(17-18)29-10-4-8-21(29)23-22(20-7-1-2-9-26-20)27-25(34)30(23)12-11-28-13-15-33-16-14-28/h1-10,17,22-23H,11-16H2,(H,27,34)(H,31,32)/t22-,23+/m0/s1. The Hall–Kier alpha value is -3.27. The molecule has 2 atom stereocenters. The Labute approximate surface area is 203 Å². The van der Waals surface area contributed by atoms with Crippen molar-refractivity contribution in [1.29, 1.82) is 0 Å². The summed E-state index contributed by atoms with van der Waals surface area (Å²) in [4.78, 5) is 20.8. The summed E-state index contributed by atoms with van der Waals surface area (Å²) in [6.07, 6.45) is 3.76. The highest BCUT2D eigenvalue weighted by Gasteiger charge is 2.41. The number of aromatic nitrogens is 2. The van der Waals surface area contributed by atoms with Crippen molar-refractivity contribution in [2.45, 2.75) is 12.1 Å². The van der Waals surface area contributed by atoms with Crippen molar-refractivity contribution in [1.82, 2.24) is 24.7 Å². The van der Waals surface area contributed by atoms with Crippen LogP contribution in [0.1, 0.15) is 33.8 Å². The van der Waals surface area contributed by atoms with E-state index in [9.17, 15) is 9.90 Å². The molecule has 2 saturated heterocycles. The molecule has 8 nitrogen and oxygen atoms in total. The summed E-state index contributed by atoms with van der Waals surface area (Å²) in [6.45, 7) is 4.99. The lowest BCUT2D eigenvalue weighted by Gasteiger charge is -2.32. The molecule has 34 heavy (non-hydrogen) atoms. The van der Waals surface area contributed by atoms with Crippen molar-refractivity contribution in [3.8, 4) is 5.69 Å². The topological polar surface area (TPSA) is 82.9 Å². The van der Waals surface area contributed by atoms with Crippen LogP contribution in [0.2, 0.25) is 0 Å². The lowest BCUT2D eigenvalue weighted by atomic mass is 10.0. The fourth-order valence-electron chi connectivity index (χ4n) is 4.70. The number of carboxylic acids is 1. The Balaban J connectivity index is 1.51. The highest BCUT2D eigenvalue weighted by molar-refractivity contribution is 7.80. The van der Waals surface area contributed by atoms with Gasteiger partial charge in [-0.05, 0) is 54.7 Å². The van der Waals surface area contributed by atoms with Gasteiger partial charge in [-0.25, -0.2) is 4.79 Å². The summed E-state index contributed by atoms with van der Waals surface area (Å²) in [6, 6.07) is 16.7. The third-order valence-corrected chi connectivity index (χ3v) is 6.77. The number of nitrogens with one attached hydrogen (secondary N) is 1. The number of hydrogen-bond donors (Lipinski definition) is 2. The molecular formula is C25H27N5O3S. The van der Waals surface area contributed by atoms with Gasteiger partial charge >= 0.3 is 5.97 Å². The number of pyridine rings is 1. The van der Waals surface area contributed by atoms with E-state index in [1.165, 1.54) is 0 Å². The van der Waals surface area contributed by atoms with Crippen LogP contribution in [0.15, 0.2) is 67.0 Å². The summed E-state index contributed by atoms with van der Waals surface area (Å²) in [5.41, 5.74) is 2.98. The fourth-order valence-corrected chi connectivity index (χ4v) is 5.03. The maximum Gasteiger partial charge on any atom is 0.335 e. The molecule has 5 rings (SSSR count). The van der Waals surface area contributed by atoms with Gasteiger partial charge in [-0.1, -0.05) is 12.1 Å². The number of morpholine rings is 1. The van der Waals surface area contributed by atoms with Gasteiger partial charge < -0.3 is 24.6 Å². The van der Waals surface area contributed by atoms with Crippen LogP contribution in [0, 0.1) is 0 Å². The second-order valence-electron chi connectivity index (χ2n) is 8.43. The summed E-state index contributed by atoms with van der Waals surface area (Å²) in [7, 11) is 0. The van der Waals surface area contributed by atoms with Gasteiger partial charge in [0.2, 0.25) is 0 Å².